The van der Waals surface area contributed by atoms with Crippen LogP contribution in [0.15, 0.2) is 30.3 Å². The molecule has 2 fully saturated rings. The predicted octanol–water partition coefficient (Wildman–Crippen LogP) is 1.61. The first-order valence-electron chi connectivity index (χ1n) is 8.45. The summed E-state index contributed by atoms with van der Waals surface area (Å²) in [6.45, 7) is 1.60. The second-order valence-electron chi connectivity index (χ2n) is 6.46. The number of piperidine rings is 1. The lowest BCUT2D eigenvalue weighted by Gasteiger charge is -2.34. The van der Waals surface area contributed by atoms with Crippen LogP contribution in [0.25, 0.3) is 0 Å². The van der Waals surface area contributed by atoms with Crippen molar-refractivity contribution >= 4 is 17.8 Å². The summed E-state index contributed by atoms with van der Waals surface area (Å²) in [7, 11) is 0. The fourth-order valence-electron chi connectivity index (χ4n) is 3.61. The molecule has 0 unspecified atom stereocenters. The van der Waals surface area contributed by atoms with Crippen molar-refractivity contribution in [1.82, 2.24) is 9.80 Å². The molecule has 0 saturated carbocycles. The monoisotopic (exact) mass is 330 g/mol. The molecular weight excluding hydrogens is 308 g/mol. The van der Waals surface area contributed by atoms with Gasteiger partial charge in [0.1, 0.15) is 6.04 Å². The Labute approximate surface area is 141 Å². The highest BCUT2D eigenvalue weighted by atomic mass is 16.4. The Hall–Kier alpha value is -2.37. The summed E-state index contributed by atoms with van der Waals surface area (Å²) in [6, 6.07) is 8.45. The minimum atomic E-state index is -0.919. The minimum absolute atomic E-state index is 0.00826. The zero-order chi connectivity index (χ0) is 17.1. The van der Waals surface area contributed by atoms with Gasteiger partial charge >= 0.3 is 5.97 Å². The van der Waals surface area contributed by atoms with Crippen molar-refractivity contribution in [1.29, 1.82) is 0 Å². The molecule has 2 aliphatic rings. The number of aliphatic carboxylic acids is 1. The van der Waals surface area contributed by atoms with Crippen LogP contribution in [-0.4, -0.2) is 58.4 Å². The topological polar surface area (TPSA) is 77.9 Å². The standard InChI is InChI=1S/C18H22N2O4/c21-16(13-5-2-1-3-6-13)19-11-8-14(9-12-19)17(22)20-10-4-7-15(20)18(23)24/h1-3,5-6,14-15H,4,7-12H2,(H,23,24)/t15-/m0/s1. The molecule has 128 valence electrons. The van der Waals surface area contributed by atoms with E-state index in [2.05, 4.69) is 0 Å². The third-order valence-electron chi connectivity index (χ3n) is 4.97. The molecule has 0 spiro atoms. The van der Waals surface area contributed by atoms with E-state index in [0.717, 1.165) is 6.42 Å². The SMILES string of the molecule is O=C(O)[C@@H]1CCCN1C(=O)C1CCN(C(=O)c2ccccc2)CC1. The first-order chi connectivity index (χ1) is 11.6. The molecule has 1 aromatic rings. The number of carbonyl (C=O) groups excluding carboxylic acids is 2. The second-order valence-corrected chi connectivity index (χ2v) is 6.46. The van der Waals surface area contributed by atoms with Gasteiger partial charge in [0.05, 0.1) is 0 Å². The van der Waals surface area contributed by atoms with Gasteiger partial charge in [-0.15, -0.1) is 0 Å². The Bertz CT molecular complexity index is 623. The quantitative estimate of drug-likeness (QED) is 0.913. The summed E-state index contributed by atoms with van der Waals surface area (Å²) in [6.07, 6.45) is 2.47. The number of rotatable bonds is 3. The molecular formula is C18H22N2O4. The Morgan fingerprint density at radius 3 is 2.25 bits per heavy atom. The summed E-state index contributed by atoms with van der Waals surface area (Å²) < 4.78 is 0. The van der Waals surface area contributed by atoms with Gasteiger partial charge in [0.2, 0.25) is 5.91 Å². The minimum Gasteiger partial charge on any atom is -0.480 e. The molecule has 6 heteroatoms. The zero-order valence-corrected chi connectivity index (χ0v) is 13.6. The van der Waals surface area contributed by atoms with Crippen LogP contribution < -0.4 is 0 Å². The number of carbonyl (C=O) groups is 3. The molecule has 2 amide bonds. The number of hydrogen-bond acceptors (Lipinski definition) is 3. The van der Waals surface area contributed by atoms with Gasteiger partial charge in [-0.05, 0) is 37.8 Å². The highest BCUT2D eigenvalue weighted by Gasteiger charge is 2.38. The average Bonchev–Trinajstić information content (AvgIpc) is 3.11. The van der Waals surface area contributed by atoms with Gasteiger partial charge in [0.25, 0.3) is 5.91 Å². The van der Waals surface area contributed by atoms with Crippen molar-refractivity contribution in [2.75, 3.05) is 19.6 Å². The van der Waals surface area contributed by atoms with Gasteiger partial charge in [-0.1, -0.05) is 18.2 Å². The summed E-state index contributed by atoms with van der Waals surface area (Å²) >= 11 is 0. The van der Waals surface area contributed by atoms with Crippen molar-refractivity contribution in [3.63, 3.8) is 0 Å². The molecule has 0 bridgehead atoms. The van der Waals surface area contributed by atoms with Gasteiger partial charge in [-0.25, -0.2) is 4.79 Å². The second kappa shape index (κ2) is 7.03. The summed E-state index contributed by atoms with van der Waals surface area (Å²) in [5.74, 6) is -1.17. The van der Waals surface area contributed by atoms with Gasteiger partial charge in [0.15, 0.2) is 0 Å². The normalized spacial score (nSPS) is 21.8. The van der Waals surface area contributed by atoms with Gasteiger partial charge < -0.3 is 14.9 Å². The maximum atomic E-state index is 12.6. The Kier molecular flexibility index (Phi) is 4.83. The van der Waals surface area contributed by atoms with Crippen LogP contribution in [0.4, 0.5) is 0 Å². The van der Waals surface area contributed by atoms with E-state index in [1.165, 1.54) is 4.90 Å². The van der Waals surface area contributed by atoms with E-state index < -0.39 is 12.0 Å². The fraction of sp³-hybridized carbons (Fsp3) is 0.500. The Balaban J connectivity index is 1.58. The van der Waals surface area contributed by atoms with E-state index in [-0.39, 0.29) is 17.7 Å². The number of carboxylic acids is 1. The molecule has 2 saturated heterocycles. The van der Waals surface area contributed by atoms with Crippen molar-refractivity contribution in [2.45, 2.75) is 31.7 Å². The fourth-order valence-corrected chi connectivity index (χ4v) is 3.61. The van der Waals surface area contributed by atoms with Crippen molar-refractivity contribution in [3.05, 3.63) is 35.9 Å². The van der Waals surface area contributed by atoms with E-state index in [9.17, 15) is 19.5 Å². The number of benzene rings is 1. The summed E-state index contributed by atoms with van der Waals surface area (Å²) in [5.41, 5.74) is 0.660. The van der Waals surface area contributed by atoms with Crippen molar-refractivity contribution in [3.8, 4) is 0 Å². The molecule has 0 aromatic heterocycles. The number of carboxylic acid groups (broad SMARTS) is 1. The van der Waals surface area contributed by atoms with E-state index in [1.807, 2.05) is 18.2 Å². The van der Waals surface area contributed by atoms with Gasteiger partial charge in [-0.2, -0.15) is 0 Å². The molecule has 0 aliphatic carbocycles. The maximum absolute atomic E-state index is 12.6. The molecule has 2 aliphatic heterocycles. The predicted molar refractivity (Wildman–Crippen MR) is 87.4 cm³/mol. The third kappa shape index (κ3) is 3.27. The van der Waals surface area contributed by atoms with Crippen LogP contribution in [0.2, 0.25) is 0 Å². The van der Waals surface area contributed by atoms with Crippen LogP contribution >= 0.6 is 0 Å². The number of nitrogens with zero attached hydrogens (tertiary/aromatic N) is 2. The molecule has 2 heterocycles. The molecule has 1 aromatic carbocycles. The van der Waals surface area contributed by atoms with E-state index in [0.29, 0.717) is 44.5 Å². The van der Waals surface area contributed by atoms with E-state index in [1.54, 1.807) is 17.0 Å². The Morgan fingerprint density at radius 2 is 1.62 bits per heavy atom. The number of amides is 2. The van der Waals surface area contributed by atoms with Crippen LogP contribution in [-0.2, 0) is 9.59 Å². The smallest absolute Gasteiger partial charge is 0.326 e. The molecule has 24 heavy (non-hydrogen) atoms. The first-order valence-corrected chi connectivity index (χ1v) is 8.45. The highest BCUT2D eigenvalue weighted by Crippen LogP contribution is 2.26. The third-order valence-corrected chi connectivity index (χ3v) is 4.97. The average molecular weight is 330 g/mol. The van der Waals surface area contributed by atoms with Gasteiger partial charge in [-0.3, -0.25) is 9.59 Å². The largest absolute Gasteiger partial charge is 0.480 e. The van der Waals surface area contributed by atoms with Crippen molar-refractivity contribution < 1.29 is 19.5 Å². The van der Waals surface area contributed by atoms with Crippen LogP contribution in [0, 0.1) is 5.92 Å². The van der Waals surface area contributed by atoms with Crippen LogP contribution in [0.3, 0.4) is 0 Å². The lowest BCUT2D eigenvalue weighted by atomic mass is 9.94. The molecule has 0 radical (unpaired) electrons. The summed E-state index contributed by atoms with van der Waals surface area (Å²) in [5, 5.41) is 9.23. The summed E-state index contributed by atoms with van der Waals surface area (Å²) in [4.78, 5) is 39.6. The zero-order valence-electron chi connectivity index (χ0n) is 13.6. The maximum Gasteiger partial charge on any atom is 0.326 e. The molecule has 1 N–H and O–H groups in total. The van der Waals surface area contributed by atoms with Crippen LogP contribution in [0.1, 0.15) is 36.0 Å². The first kappa shape index (κ1) is 16.5. The number of hydrogen-bond donors (Lipinski definition) is 1. The van der Waals surface area contributed by atoms with Gasteiger partial charge in [0, 0.05) is 31.1 Å². The molecule has 1 atom stereocenters. The van der Waals surface area contributed by atoms with Crippen LogP contribution in [0.5, 0.6) is 0 Å². The van der Waals surface area contributed by atoms with Crippen molar-refractivity contribution in [2.24, 2.45) is 5.92 Å². The Morgan fingerprint density at radius 1 is 0.958 bits per heavy atom. The van der Waals surface area contributed by atoms with E-state index >= 15 is 0 Å². The highest BCUT2D eigenvalue weighted by molar-refractivity contribution is 5.94. The lowest BCUT2D eigenvalue weighted by Crippen LogP contribution is -2.47. The number of likely N-dealkylation sites (tertiary alicyclic amines) is 2. The molecule has 3 rings (SSSR count). The lowest BCUT2D eigenvalue weighted by molar-refractivity contribution is -0.150. The molecule has 6 nitrogen and oxygen atoms in total. The van der Waals surface area contributed by atoms with E-state index in [4.69, 9.17) is 0 Å².